The summed E-state index contributed by atoms with van der Waals surface area (Å²) >= 11 is 0. The van der Waals surface area contributed by atoms with Crippen molar-refractivity contribution in [3.05, 3.63) is 83.5 Å². The Hall–Kier alpha value is -2.12. The predicted molar refractivity (Wildman–Crippen MR) is 121 cm³/mol. The van der Waals surface area contributed by atoms with Crippen LogP contribution in [0.25, 0.3) is 11.1 Å². The highest BCUT2D eigenvalue weighted by Crippen LogP contribution is 2.52. The van der Waals surface area contributed by atoms with Crippen molar-refractivity contribution < 1.29 is 4.74 Å². The number of hydrogen-bond acceptors (Lipinski definition) is 1. The quantitative estimate of drug-likeness (QED) is 0.306. The summed E-state index contributed by atoms with van der Waals surface area (Å²) in [6.07, 6.45) is 12.8. The average Bonchev–Trinajstić information content (AvgIpc) is 2.94. The topological polar surface area (TPSA) is 9.23 Å². The zero-order chi connectivity index (χ0) is 20.0. The molecule has 0 radical (unpaired) electrons. The summed E-state index contributed by atoms with van der Waals surface area (Å²) < 4.78 is 6.82. The molecule has 0 N–H and O–H groups in total. The van der Waals surface area contributed by atoms with Crippen molar-refractivity contribution in [2.45, 2.75) is 64.9 Å². The van der Waals surface area contributed by atoms with Crippen LogP contribution in [0.5, 0.6) is 0 Å². The Balaban J connectivity index is 1.98. The van der Waals surface area contributed by atoms with Gasteiger partial charge in [-0.15, -0.1) is 0 Å². The second kappa shape index (κ2) is 9.39. The molecule has 0 saturated carbocycles. The monoisotopic (exact) mass is 374 g/mol. The van der Waals surface area contributed by atoms with Crippen molar-refractivity contribution >= 4 is 0 Å². The molecule has 0 bridgehead atoms. The average molecular weight is 375 g/mol. The van der Waals surface area contributed by atoms with Gasteiger partial charge in [0, 0.05) is 6.61 Å². The first-order valence-corrected chi connectivity index (χ1v) is 10.8. The van der Waals surface area contributed by atoms with Crippen LogP contribution in [0.1, 0.15) is 67.7 Å². The molecule has 28 heavy (non-hydrogen) atoms. The summed E-state index contributed by atoms with van der Waals surface area (Å²) in [7, 11) is 0. The van der Waals surface area contributed by atoms with Crippen LogP contribution in [0, 0.1) is 13.8 Å². The maximum absolute atomic E-state index is 6.82. The number of allylic oxidation sites excluding steroid dienone is 3. The van der Waals surface area contributed by atoms with Gasteiger partial charge in [-0.3, -0.25) is 0 Å². The lowest BCUT2D eigenvalue weighted by Crippen LogP contribution is -2.30. The fourth-order valence-corrected chi connectivity index (χ4v) is 4.36. The minimum atomic E-state index is -0.306. The Bertz CT molecular complexity index is 792. The van der Waals surface area contributed by atoms with E-state index < -0.39 is 0 Å². The van der Waals surface area contributed by atoms with Gasteiger partial charge in [0.2, 0.25) is 0 Å². The molecule has 148 valence electrons. The number of fused-ring (bicyclic) bond motifs is 3. The molecule has 0 amide bonds. The lowest BCUT2D eigenvalue weighted by Gasteiger charge is -2.33. The number of ether oxygens (including phenoxy) is 1. The smallest absolute Gasteiger partial charge is 0.119 e. The first-order valence-electron chi connectivity index (χ1n) is 10.8. The molecule has 1 heteroatoms. The van der Waals surface area contributed by atoms with Crippen molar-refractivity contribution in [1.82, 2.24) is 0 Å². The third kappa shape index (κ3) is 4.15. The van der Waals surface area contributed by atoms with Crippen LogP contribution >= 0.6 is 0 Å². The molecule has 0 saturated heterocycles. The Morgan fingerprint density at radius 3 is 2.14 bits per heavy atom. The fourth-order valence-electron chi connectivity index (χ4n) is 4.36. The Labute approximate surface area is 171 Å². The van der Waals surface area contributed by atoms with Crippen LogP contribution in [0.4, 0.5) is 0 Å². The number of benzene rings is 2. The second-order valence-corrected chi connectivity index (χ2v) is 8.04. The molecule has 1 aliphatic carbocycles. The highest BCUT2D eigenvalue weighted by molar-refractivity contribution is 5.80. The van der Waals surface area contributed by atoms with Crippen LogP contribution in [0.15, 0.2) is 61.2 Å². The lowest BCUT2D eigenvalue weighted by molar-refractivity contribution is -0.0241. The predicted octanol–water partition coefficient (Wildman–Crippen LogP) is 7.65. The van der Waals surface area contributed by atoms with Crippen LogP contribution in [0.2, 0.25) is 0 Å². The summed E-state index contributed by atoms with van der Waals surface area (Å²) in [5.41, 5.74) is 7.74. The van der Waals surface area contributed by atoms with Crippen molar-refractivity contribution in [3.63, 3.8) is 0 Å². The molecular weight excluding hydrogens is 340 g/mol. The van der Waals surface area contributed by atoms with Crippen molar-refractivity contribution in [2.24, 2.45) is 0 Å². The first kappa shape index (κ1) is 20.6. The maximum Gasteiger partial charge on any atom is 0.119 e. The van der Waals surface area contributed by atoms with Gasteiger partial charge < -0.3 is 4.74 Å². The minimum absolute atomic E-state index is 0.306. The Morgan fingerprint density at radius 1 is 0.929 bits per heavy atom. The summed E-state index contributed by atoms with van der Waals surface area (Å²) in [5, 5.41) is 0. The van der Waals surface area contributed by atoms with E-state index in [4.69, 9.17) is 4.74 Å². The summed E-state index contributed by atoms with van der Waals surface area (Å²) in [6.45, 7) is 11.2. The second-order valence-electron chi connectivity index (χ2n) is 8.04. The molecular formula is C27H34O. The van der Waals surface area contributed by atoms with E-state index in [0.717, 1.165) is 25.9 Å². The third-order valence-corrected chi connectivity index (χ3v) is 5.78. The molecule has 0 unspecified atom stereocenters. The minimum Gasteiger partial charge on any atom is -0.365 e. The molecule has 2 aromatic rings. The summed E-state index contributed by atoms with van der Waals surface area (Å²) in [5.74, 6) is 0. The van der Waals surface area contributed by atoms with Crippen molar-refractivity contribution in [1.29, 1.82) is 0 Å². The van der Waals surface area contributed by atoms with E-state index in [9.17, 15) is 0 Å². The molecule has 3 rings (SSSR count). The number of aryl methyl sites for hydroxylation is 2. The lowest BCUT2D eigenvalue weighted by atomic mass is 9.84. The molecule has 0 fully saturated rings. The van der Waals surface area contributed by atoms with Gasteiger partial charge in [0.25, 0.3) is 0 Å². The first-order chi connectivity index (χ1) is 13.6. The molecule has 0 atom stereocenters. The van der Waals surface area contributed by atoms with E-state index in [1.807, 2.05) is 12.2 Å². The van der Waals surface area contributed by atoms with Gasteiger partial charge in [0.15, 0.2) is 0 Å². The number of hydrogen-bond donors (Lipinski definition) is 0. The fraction of sp³-hybridized carbons (Fsp3) is 0.407. The number of rotatable bonds is 10. The van der Waals surface area contributed by atoms with E-state index in [1.165, 1.54) is 52.6 Å². The largest absolute Gasteiger partial charge is 0.365 e. The van der Waals surface area contributed by atoms with Crippen LogP contribution in [-0.2, 0) is 10.3 Å². The van der Waals surface area contributed by atoms with Gasteiger partial charge >= 0.3 is 0 Å². The molecule has 1 nitrogen and oxygen atoms in total. The van der Waals surface area contributed by atoms with E-state index in [0.29, 0.717) is 0 Å². The van der Waals surface area contributed by atoms with Crippen LogP contribution in [0.3, 0.4) is 0 Å². The van der Waals surface area contributed by atoms with Gasteiger partial charge in [-0.2, -0.15) is 0 Å². The van der Waals surface area contributed by atoms with E-state index >= 15 is 0 Å². The van der Waals surface area contributed by atoms with E-state index in [-0.39, 0.29) is 5.60 Å². The van der Waals surface area contributed by atoms with Gasteiger partial charge in [0.05, 0.1) is 0 Å². The Kier molecular flexibility index (Phi) is 6.91. The Morgan fingerprint density at radius 2 is 1.57 bits per heavy atom. The number of unbranched alkanes of at least 4 members (excludes halogenated alkanes) is 3. The molecule has 2 aromatic carbocycles. The van der Waals surface area contributed by atoms with Crippen LogP contribution in [-0.4, -0.2) is 6.61 Å². The SMILES string of the molecule is C=C/C=C/CCCOC1(CCCCC)c2cc(C)ccc2-c2ccc(C)cc21. The van der Waals surface area contributed by atoms with Crippen molar-refractivity contribution in [3.8, 4) is 11.1 Å². The van der Waals surface area contributed by atoms with Gasteiger partial charge in [-0.05, 0) is 61.8 Å². The molecule has 0 aliphatic heterocycles. The standard InChI is InChI=1S/C27H34O/c1-5-7-9-10-12-18-28-27(17-11-8-6-2)25-19-21(3)13-15-23(25)24-16-14-22(4)20-26(24)27/h5,7,9,13-16,19-20H,1,6,8,10-12,17-18H2,2-4H3/b9-7+. The van der Waals surface area contributed by atoms with Crippen LogP contribution < -0.4 is 0 Å². The van der Waals surface area contributed by atoms with Gasteiger partial charge in [-0.1, -0.05) is 92.1 Å². The molecule has 0 heterocycles. The maximum atomic E-state index is 6.82. The van der Waals surface area contributed by atoms with Crippen molar-refractivity contribution in [2.75, 3.05) is 6.61 Å². The highest BCUT2D eigenvalue weighted by Gasteiger charge is 2.43. The van der Waals surface area contributed by atoms with Gasteiger partial charge in [-0.25, -0.2) is 0 Å². The van der Waals surface area contributed by atoms with E-state index in [2.05, 4.69) is 69.8 Å². The normalized spacial score (nSPS) is 14.2. The molecule has 0 spiro atoms. The zero-order valence-corrected chi connectivity index (χ0v) is 17.8. The van der Waals surface area contributed by atoms with E-state index in [1.54, 1.807) is 0 Å². The van der Waals surface area contributed by atoms with Gasteiger partial charge in [0.1, 0.15) is 5.60 Å². The molecule has 1 aliphatic rings. The summed E-state index contributed by atoms with van der Waals surface area (Å²) in [4.78, 5) is 0. The third-order valence-electron chi connectivity index (χ3n) is 5.78. The highest BCUT2D eigenvalue weighted by atomic mass is 16.5. The zero-order valence-electron chi connectivity index (χ0n) is 17.8. The molecule has 0 aromatic heterocycles. The summed E-state index contributed by atoms with van der Waals surface area (Å²) in [6, 6.07) is 13.7.